The Hall–Kier alpha value is -0.320. The number of morpholine rings is 1. The lowest BCUT2D eigenvalue weighted by Gasteiger charge is -2.22. The predicted octanol–water partition coefficient (Wildman–Crippen LogP) is 0.348. The zero-order valence-electron chi connectivity index (χ0n) is 7.91. The number of esters is 1. The van der Waals surface area contributed by atoms with Crippen LogP contribution in [0.15, 0.2) is 0 Å². The van der Waals surface area contributed by atoms with Crippen molar-refractivity contribution < 1.29 is 14.3 Å². The van der Waals surface area contributed by atoms with Gasteiger partial charge in [0.1, 0.15) is 6.04 Å². The molecule has 1 heterocycles. The van der Waals surface area contributed by atoms with Crippen LogP contribution in [0, 0.1) is 0 Å². The molecule has 0 bridgehead atoms. The molecule has 13 heavy (non-hydrogen) atoms. The van der Waals surface area contributed by atoms with Gasteiger partial charge in [0, 0.05) is 6.54 Å². The molecule has 0 amide bonds. The molecule has 1 atom stereocenters. The zero-order valence-corrected chi connectivity index (χ0v) is 8.73. The molecule has 1 aliphatic rings. The van der Waals surface area contributed by atoms with Gasteiger partial charge in [0.15, 0.2) is 0 Å². The molecule has 5 heteroatoms. The Morgan fingerprint density at radius 1 is 1.62 bits per heavy atom. The van der Waals surface area contributed by atoms with Crippen LogP contribution >= 0.6 is 12.4 Å². The molecule has 78 valence electrons. The first-order chi connectivity index (χ1) is 5.70. The summed E-state index contributed by atoms with van der Waals surface area (Å²) in [7, 11) is 0. The normalized spacial score (nSPS) is 22.2. The molecule has 0 aromatic heterocycles. The van der Waals surface area contributed by atoms with Crippen molar-refractivity contribution in [3.05, 3.63) is 0 Å². The largest absolute Gasteiger partial charge is 0.462 e. The molecule has 0 radical (unpaired) electrons. The number of carbonyl (C=O) groups is 1. The van der Waals surface area contributed by atoms with Gasteiger partial charge in [0.2, 0.25) is 0 Å². The first-order valence-electron chi connectivity index (χ1n) is 4.22. The van der Waals surface area contributed by atoms with Gasteiger partial charge in [-0.3, -0.25) is 4.79 Å². The fourth-order valence-electron chi connectivity index (χ4n) is 1.03. The molecule has 1 unspecified atom stereocenters. The van der Waals surface area contributed by atoms with Gasteiger partial charge in [-0.25, -0.2) is 0 Å². The minimum Gasteiger partial charge on any atom is -0.462 e. The van der Waals surface area contributed by atoms with E-state index in [0.717, 1.165) is 6.54 Å². The van der Waals surface area contributed by atoms with Crippen molar-refractivity contribution in [1.82, 2.24) is 5.32 Å². The second kappa shape index (κ2) is 6.18. The van der Waals surface area contributed by atoms with Gasteiger partial charge in [-0.2, -0.15) is 0 Å². The molecule has 0 aromatic rings. The van der Waals surface area contributed by atoms with E-state index in [4.69, 9.17) is 9.47 Å². The van der Waals surface area contributed by atoms with Gasteiger partial charge in [-0.05, 0) is 13.8 Å². The lowest BCUT2D eigenvalue weighted by molar-refractivity contribution is -0.153. The van der Waals surface area contributed by atoms with E-state index >= 15 is 0 Å². The van der Waals surface area contributed by atoms with E-state index in [0.29, 0.717) is 13.2 Å². The Kier molecular flexibility index (Phi) is 6.03. The van der Waals surface area contributed by atoms with E-state index in [1.54, 1.807) is 0 Å². The molecule has 4 nitrogen and oxygen atoms in total. The third-order valence-electron chi connectivity index (χ3n) is 1.56. The number of nitrogens with one attached hydrogen (secondary N) is 1. The maximum atomic E-state index is 11.2. The molecule has 0 saturated carbocycles. The summed E-state index contributed by atoms with van der Waals surface area (Å²) in [5.41, 5.74) is 0. The number of halogens is 1. The van der Waals surface area contributed by atoms with Gasteiger partial charge in [-0.15, -0.1) is 12.4 Å². The van der Waals surface area contributed by atoms with Gasteiger partial charge in [-0.1, -0.05) is 0 Å². The predicted molar refractivity (Wildman–Crippen MR) is 51.1 cm³/mol. The smallest absolute Gasteiger partial charge is 0.325 e. The molecule has 0 aliphatic carbocycles. The third kappa shape index (κ3) is 4.45. The van der Waals surface area contributed by atoms with E-state index in [2.05, 4.69) is 5.32 Å². The molecular formula is C8H16ClNO3. The van der Waals surface area contributed by atoms with Crippen molar-refractivity contribution in [2.45, 2.75) is 26.0 Å². The van der Waals surface area contributed by atoms with Crippen molar-refractivity contribution in [3.8, 4) is 0 Å². The number of hydrogen-bond donors (Lipinski definition) is 1. The Morgan fingerprint density at radius 2 is 2.31 bits per heavy atom. The lowest BCUT2D eigenvalue weighted by atomic mass is 10.3. The van der Waals surface area contributed by atoms with Gasteiger partial charge in [0.05, 0.1) is 19.3 Å². The highest BCUT2D eigenvalue weighted by Crippen LogP contribution is 1.98. The Bertz CT molecular complexity index is 157. The Balaban J connectivity index is 0.00000144. The van der Waals surface area contributed by atoms with E-state index in [9.17, 15) is 4.79 Å². The monoisotopic (exact) mass is 209 g/mol. The molecule has 1 saturated heterocycles. The lowest BCUT2D eigenvalue weighted by Crippen LogP contribution is -2.47. The SMILES string of the molecule is CC(C)OC(=O)C1COCCN1.Cl. The second-order valence-electron chi connectivity index (χ2n) is 3.07. The van der Waals surface area contributed by atoms with Gasteiger partial charge < -0.3 is 14.8 Å². The maximum Gasteiger partial charge on any atom is 0.325 e. The molecule has 1 fully saturated rings. The first kappa shape index (κ1) is 12.7. The van der Waals surface area contributed by atoms with Crippen molar-refractivity contribution in [1.29, 1.82) is 0 Å². The van der Waals surface area contributed by atoms with Crippen LogP contribution < -0.4 is 5.32 Å². The van der Waals surface area contributed by atoms with E-state index < -0.39 is 0 Å². The van der Waals surface area contributed by atoms with Crippen LogP contribution in [0.1, 0.15) is 13.8 Å². The fourth-order valence-corrected chi connectivity index (χ4v) is 1.03. The average molecular weight is 210 g/mol. The van der Waals surface area contributed by atoms with Crippen molar-refractivity contribution >= 4 is 18.4 Å². The Morgan fingerprint density at radius 3 is 2.77 bits per heavy atom. The standard InChI is InChI=1S/C8H15NO3.ClH/c1-6(2)12-8(10)7-5-11-4-3-9-7;/h6-7,9H,3-5H2,1-2H3;1H. The maximum absolute atomic E-state index is 11.2. The van der Waals surface area contributed by atoms with Gasteiger partial charge >= 0.3 is 5.97 Å². The van der Waals surface area contributed by atoms with Crippen LogP contribution in [-0.4, -0.2) is 37.9 Å². The summed E-state index contributed by atoms with van der Waals surface area (Å²) in [5.74, 6) is -0.218. The summed E-state index contributed by atoms with van der Waals surface area (Å²) in [6.07, 6.45) is -0.0544. The van der Waals surface area contributed by atoms with Crippen LogP contribution in [0.3, 0.4) is 0 Å². The second-order valence-corrected chi connectivity index (χ2v) is 3.07. The van der Waals surface area contributed by atoms with E-state index in [-0.39, 0.29) is 30.5 Å². The highest BCUT2D eigenvalue weighted by Gasteiger charge is 2.22. The van der Waals surface area contributed by atoms with Crippen LogP contribution in [0.2, 0.25) is 0 Å². The highest BCUT2D eigenvalue weighted by atomic mass is 35.5. The van der Waals surface area contributed by atoms with Crippen LogP contribution in [-0.2, 0) is 14.3 Å². The average Bonchev–Trinajstić information content (AvgIpc) is 2.05. The Labute approximate surface area is 84.4 Å². The van der Waals surface area contributed by atoms with Gasteiger partial charge in [0.25, 0.3) is 0 Å². The minimum atomic E-state index is -0.277. The molecular weight excluding hydrogens is 194 g/mol. The number of rotatable bonds is 2. The highest BCUT2D eigenvalue weighted by molar-refractivity contribution is 5.85. The molecule has 0 aromatic carbocycles. The summed E-state index contributed by atoms with van der Waals surface area (Å²) in [4.78, 5) is 11.2. The topological polar surface area (TPSA) is 47.6 Å². The van der Waals surface area contributed by atoms with Crippen LogP contribution in [0.4, 0.5) is 0 Å². The zero-order chi connectivity index (χ0) is 8.97. The summed E-state index contributed by atoms with van der Waals surface area (Å²) >= 11 is 0. The van der Waals surface area contributed by atoms with Crippen molar-refractivity contribution in [2.75, 3.05) is 19.8 Å². The summed E-state index contributed by atoms with van der Waals surface area (Å²) in [6.45, 7) is 5.48. The van der Waals surface area contributed by atoms with Crippen LogP contribution in [0.25, 0.3) is 0 Å². The number of carbonyl (C=O) groups excluding carboxylic acids is 1. The molecule has 1 rings (SSSR count). The minimum absolute atomic E-state index is 0. The van der Waals surface area contributed by atoms with Crippen molar-refractivity contribution in [3.63, 3.8) is 0 Å². The fraction of sp³-hybridized carbons (Fsp3) is 0.875. The quantitative estimate of drug-likeness (QED) is 0.667. The number of hydrogen-bond acceptors (Lipinski definition) is 4. The molecule has 0 spiro atoms. The van der Waals surface area contributed by atoms with E-state index in [1.165, 1.54) is 0 Å². The van der Waals surface area contributed by atoms with Crippen LogP contribution in [0.5, 0.6) is 0 Å². The summed E-state index contributed by atoms with van der Waals surface area (Å²) in [6, 6.07) is -0.277. The van der Waals surface area contributed by atoms with Crippen molar-refractivity contribution in [2.24, 2.45) is 0 Å². The molecule has 1 aliphatic heterocycles. The first-order valence-corrected chi connectivity index (χ1v) is 4.22. The summed E-state index contributed by atoms with van der Waals surface area (Å²) < 4.78 is 10.1. The molecule has 1 N–H and O–H groups in total. The number of ether oxygens (including phenoxy) is 2. The summed E-state index contributed by atoms with van der Waals surface area (Å²) in [5, 5.41) is 3.02. The van der Waals surface area contributed by atoms with E-state index in [1.807, 2.05) is 13.8 Å². The third-order valence-corrected chi connectivity index (χ3v) is 1.56.